The summed E-state index contributed by atoms with van der Waals surface area (Å²) in [7, 11) is 0. The number of thiazole rings is 1. The third kappa shape index (κ3) is 3.97. The van der Waals surface area contributed by atoms with Gasteiger partial charge in [-0.05, 0) is 19.1 Å². The van der Waals surface area contributed by atoms with Gasteiger partial charge in [0.25, 0.3) is 0 Å². The second-order valence-corrected chi connectivity index (χ2v) is 5.75. The number of aromatic nitrogens is 1. The lowest BCUT2D eigenvalue weighted by atomic mass is 10.2. The van der Waals surface area contributed by atoms with Gasteiger partial charge in [-0.2, -0.15) is 5.10 Å². The van der Waals surface area contributed by atoms with Crippen molar-refractivity contribution in [3.05, 3.63) is 65.3 Å². The molecule has 1 aromatic heterocycles. The molecule has 0 atom stereocenters. The van der Waals surface area contributed by atoms with E-state index in [4.69, 9.17) is 4.74 Å². The molecule has 0 bridgehead atoms. The second kappa shape index (κ2) is 7.70. The molecule has 4 nitrogen and oxygen atoms in total. The highest BCUT2D eigenvalue weighted by Crippen LogP contribution is 2.24. The predicted octanol–water partition coefficient (Wildman–Crippen LogP) is 4.79. The fraction of sp³-hybridized carbons (Fsp3) is 0.111. The van der Waals surface area contributed by atoms with E-state index in [9.17, 15) is 4.39 Å². The zero-order valence-corrected chi connectivity index (χ0v) is 13.9. The Morgan fingerprint density at radius 2 is 2.08 bits per heavy atom. The third-order valence-electron chi connectivity index (χ3n) is 3.22. The molecule has 0 unspecified atom stereocenters. The first-order valence-corrected chi connectivity index (χ1v) is 8.36. The highest BCUT2D eigenvalue weighted by Gasteiger charge is 2.04. The molecule has 3 aromatic rings. The van der Waals surface area contributed by atoms with E-state index in [1.807, 2.05) is 42.6 Å². The lowest BCUT2D eigenvalue weighted by molar-refractivity contribution is 0.338. The number of benzene rings is 2. The SMILES string of the molecule is CCOc1ccc(C=NNc2nc(-c3ccccc3)cs2)c(F)c1. The van der Waals surface area contributed by atoms with Crippen LogP contribution in [0.5, 0.6) is 5.75 Å². The van der Waals surface area contributed by atoms with Crippen LogP contribution in [0.15, 0.2) is 59.0 Å². The molecule has 0 saturated carbocycles. The summed E-state index contributed by atoms with van der Waals surface area (Å²) < 4.78 is 19.2. The van der Waals surface area contributed by atoms with Crippen molar-refractivity contribution < 1.29 is 9.13 Å². The molecule has 1 heterocycles. The van der Waals surface area contributed by atoms with Crippen LogP contribution in [-0.4, -0.2) is 17.8 Å². The Balaban J connectivity index is 1.66. The number of nitrogens with zero attached hydrogens (tertiary/aromatic N) is 2. The molecule has 6 heteroatoms. The maximum atomic E-state index is 13.9. The lowest BCUT2D eigenvalue weighted by Gasteiger charge is -2.03. The van der Waals surface area contributed by atoms with Crippen molar-refractivity contribution in [3.8, 4) is 17.0 Å². The molecule has 0 fully saturated rings. The Labute approximate surface area is 143 Å². The summed E-state index contributed by atoms with van der Waals surface area (Å²) in [6.45, 7) is 2.36. The van der Waals surface area contributed by atoms with E-state index in [-0.39, 0.29) is 5.82 Å². The zero-order chi connectivity index (χ0) is 16.8. The third-order valence-corrected chi connectivity index (χ3v) is 3.97. The Kier molecular flexibility index (Phi) is 5.18. The molecule has 0 saturated heterocycles. The maximum Gasteiger partial charge on any atom is 0.203 e. The summed E-state index contributed by atoms with van der Waals surface area (Å²) >= 11 is 1.44. The molecule has 3 rings (SSSR count). The van der Waals surface area contributed by atoms with E-state index < -0.39 is 0 Å². The number of nitrogens with one attached hydrogen (secondary N) is 1. The van der Waals surface area contributed by atoms with Gasteiger partial charge in [-0.1, -0.05) is 30.3 Å². The molecule has 122 valence electrons. The van der Waals surface area contributed by atoms with Gasteiger partial charge in [-0.25, -0.2) is 9.37 Å². The minimum Gasteiger partial charge on any atom is -0.494 e. The van der Waals surface area contributed by atoms with Gasteiger partial charge in [0.15, 0.2) is 0 Å². The van der Waals surface area contributed by atoms with Crippen LogP contribution >= 0.6 is 11.3 Å². The molecule has 24 heavy (non-hydrogen) atoms. The first kappa shape index (κ1) is 16.1. The van der Waals surface area contributed by atoms with Crippen molar-refractivity contribution in [2.45, 2.75) is 6.92 Å². The average Bonchev–Trinajstić information content (AvgIpc) is 3.07. The monoisotopic (exact) mass is 341 g/mol. The normalized spacial score (nSPS) is 10.9. The number of rotatable bonds is 6. The summed E-state index contributed by atoms with van der Waals surface area (Å²) in [5, 5.41) is 6.65. The zero-order valence-electron chi connectivity index (χ0n) is 13.1. The Bertz CT molecular complexity index is 833. The van der Waals surface area contributed by atoms with Crippen LogP contribution in [0.25, 0.3) is 11.3 Å². The summed E-state index contributed by atoms with van der Waals surface area (Å²) in [4.78, 5) is 4.45. The quantitative estimate of drug-likeness (QED) is 0.518. The first-order valence-electron chi connectivity index (χ1n) is 7.48. The highest BCUT2D eigenvalue weighted by atomic mass is 32.1. The van der Waals surface area contributed by atoms with E-state index in [2.05, 4.69) is 15.5 Å². The number of halogens is 1. The van der Waals surface area contributed by atoms with Crippen molar-refractivity contribution in [1.82, 2.24) is 4.98 Å². The molecule has 0 aliphatic rings. The standard InChI is InChI=1S/C18H16FN3OS/c1-2-23-15-9-8-14(16(19)10-15)11-20-22-18-21-17(12-24-18)13-6-4-3-5-7-13/h3-12H,2H2,1H3,(H,21,22). The number of hydrazone groups is 1. The predicted molar refractivity (Wildman–Crippen MR) is 96.3 cm³/mol. The van der Waals surface area contributed by atoms with Crippen LogP contribution < -0.4 is 10.2 Å². The molecule has 2 aromatic carbocycles. The van der Waals surface area contributed by atoms with Crippen LogP contribution in [0.4, 0.5) is 9.52 Å². The van der Waals surface area contributed by atoms with Crippen LogP contribution in [0, 0.1) is 5.82 Å². The summed E-state index contributed by atoms with van der Waals surface area (Å²) in [5.74, 6) is 0.128. The number of hydrogen-bond donors (Lipinski definition) is 1. The summed E-state index contributed by atoms with van der Waals surface area (Å²) in [6, 6.07) is 14.6. The van der Waals surface area contributed by atoms with Crippen LogP contribution in [0.1, 0.15) is 12.5 Å². The minimum absolute atomic E-state index is 0.379. The van der Waals surface area contributed by atoms with Gasteiger partial charge in [0, 0.05) is 22.6 Å². The van der Waals surface area contributed by atoms with Crippen LogP contribution in [0.2, 0.25) is 0 Å². The van der Waals surface area contributed by atoms with Crippen LogP contribution in [0.3, 0.4) is 0 Å². The minimum atomic E-state index is -0.379. The van der Waals surface area contributed by atoms with Gasteiger partial charge in [-0.15, -0.1) is 11.3 Å². The number of anilines is 1. The molecular weight excluding hydrogens is 325 g/mol. The molecular formula is C18H16FN3OS. The van der Waals surface area contributed by atoms with E-state index in [0.29, 0.717) is 23.1 Å². The average molecular weight is 341 g/mol. The van der Waals surface area contributed by atoms with E-state index in [1.54, 1.807) is 12.1 Å². The van der Waals surface area contributed by atoms with Crippen molar-refractivity contribution in [2.24, 2.45) is 5.10 Å². The molecule has 0 aliphatic heterocycles. The Morgan fingerprint density at radius 1 is 1.25 bits per heavy atom. The smallest absolute Gasteiger partial charge is 0.203 e. The first-order chi connectivity index (χ1) is 11.8. The van der Waals surface area contributed by atoms with Crippen molar-refractivity contribution in [2.75, 3.05) is 12.0 Å². The fourth-order valence-corrected chi connectivity index (χ4v) is 2.76. The van der Waals surface area contributed by atoms with E-state index in [0.717, 1.165) is 11.3 Å². The molecule has 0 radical (unpaired) electrons. The largest absolute Gasteiger partial charge is 0.494 e. The van der Waals surface area contributed by atoms with E-state index in [1.165, 1.54) is 23.6 Å². The summed E-state index contributed by atoms with van der Waals surface area (Å²) in [5.41, 5.74) is 5.13. The van der Waals surface area contributed by atoms with Gasteiger partial charge < -0.3 is 4.74 Å². The van der Waals surface area contributed by atoms with Gasteiger partial charge >= 0.3 is 0 Å². The van der Waals surface area contributed by atoms with Crippen molar-refractivity contribution in [3.63, 3.8) is 0 Å². The van der Waals surface area contributed by atoms with Gasteiger partial charge in [-0.3, -0.25) is 5.43 Å². The highest BCUT2D eigenvalue weighted by molar-refractivity contribution is 7.14. The van der Waals surface area contributed by atoms with Gasteiger partial charge in [0.05, 0.1) is 18.5 Å². The van der Waals surface area contributed by atoms with Gasteiger partial charge in [0.1, 0.15) is 11.6 Å². The molecule has 0 amide bonds. The molecule has 0 spiro atoms. The lowest BCUT2D eigenvalue weighted by Crippen LogP contribution is -1.96. The summed E-state index contributed by atoms with van der Waals surface area (Å²) in [6.07, 6.45) is 1.43. The van der Waals surface area contributed by atoms with Crippen molar-refractivity contribution in [1.29, 1.82) is 0 Å². The topological polar surface area (TPSA) is 46.5 Å². The maximum absolute atomic E-state index is 13.9. The molecule has 0 aliphatic carbocycles. The van der Waals surface area contributed by atoms with Gasteiger partial charge in [0.2, 0.25) is 5.13 Å². The van der Waals surface area contributed by atoms with Crippen molar-refractivity contribution >= 4 is 22.7 Å². The Hall–Kier alpha value is -2.73. The van der Waals surface area contributed by atoms with Crippen LogP contribution in [-0.2, 0) is 0 Å². The number of ether oxygens (including phenoxy) is 1. The fourth-order valence-electron chi connectivity index (χ4n) is 2.09. The molecule has 1 N–H and O–H groups in total. The Morgan fingerprint density at radius 3 is 2.83 bits per heavy atom. The second-order valence-electron chi connectivity index (χ2n) is 4.89. The van der Waals surface area contributed by atoms with E-state index >= 15 is 0 Å². The number of hydrogen-bond acceptors (Lipinski definition) is 5.